The summed E-state index contributed by atoms with van der Waals surface area (Å²) in [5.41, 5.74) is 15.9. The number of imidazole rings is 1. The minimum atomic E-state index is -0.0497. The second-order valence-corrected chi connectivity index (χ2v) is 21.7. The maximum atomic E-state index is 6.84. The van der Waals surface area contributed by atoms with Crippen LogP contribution < -0.4 is 9.30 Å². The van der Waals surface area contributed by atoms with Gasteiger partial charge in [0.25, 0.3) is 6.33 Å². The number of fused-ring (bicyclic) bond motifs is 4. The molecule has 0 atom stereocenters. The van der Waals surface area contributed by atoms with E-state index in [0.717, 1.165) is 79.3 Å². The van der Waals surface area contributed by atoms with Crippen molar-refractivity contribution in [2.75, 3.05) is 0 Å². The van der Waals surface area contributed by atoms with Crippen molar-refractivity contribution < 1.29 is 9.30 Å². The van der Waals surface area contributed by atoms with Crippen LogP contribution in [0, 0.1) is 6.33 Å². The molecule has 0 spiro atoms. The quantitative estimate of drug-likeness (QED) is 0.101. The van der Waals surface area contributed by atoms with Gasteiger partial charge in [-0.25, -0.2) is 4.98 Å². The van der Waals surface area contributed by atoms with Crippen LogP contribution in [0.3, 0.4) is 0 Å². The molecule has 0 saturated carbocycles. The van der Waals surface area contributed by atoms with Crippen molar-refractivity contribution in [2.24, 2.45) is 0 Å². The Morgan fingerprint density at radius 1 is 0.493 bits per heavy atom. The van der Waals surface area contributed by atoms with Gasteiger partial charge >= 0.3 is 0 Å². The van der Waals surface area contributed by atoms with E-state index in [1.54, 1.807) is 0 Å². The molecular formula is C66H60N4O. The normalized spacial score (nSPS) is 12.3. The number of benzene rings is 8. The predicted octanol–water partition coefficient (Wildman–Crippen LogP) is 16.4. The van der Waals surface area contributed by atoms with Crippen LogP contribution in [0.4, 0.5) is 0 Å². The number of ether oxygens (including phenoxy) is 1. The summed E-state index contributed by atoms with van der Waals surface area (Å²) >= 11 is 0. The molecule has 0 N–H and O–H groups in total. The highest BCUT2D eigenvalue weighted by molar-refractivity contribution is 6.09. The van der Waals surface area contributed by atoms with Gasteiger partial charge in [-0.15, -0.1) is 0 Å². The molecule has 0 aliphatic rings. The number of hydrogen-bond donors (Lipinski definition) is 0. The summed E-state index contributed by atoms with van der Waals surface area (Å²) in [6.07, 6.45) is 6.71. The second-order valence-electron chi connectivity index (χ2n) is 21.7. The first kappa shape index (κ1) is 45.4. The molecule has 0 radical (unpaired) electrons. The van der Waals surface area contributed by atoms with Crippen molar-refractivity contribution in [3.63, 3.8) is 0 Å². The summed E-state index contributed by atoms with van der Waals surface area (Å²) in [5, 5.41) is 2.32. The Kier molecular flexibility index (Phi) is 11.4. The topological polar surface area (TPSA) is 35.9 Å². The first-order valence-corrected chi connectivity index (χ1v) is 24.8. The third-order valence-corrected chi connectivity index (χ3v) is 14.1. The average molecular weight is 925 g/mol. The fourth-order valence-corrected chi connectivity index (χ4v) is 10.2. The van der Waals surface area contributed by atoms with Gasteiger partial charge in [-0.3, -0.25) is 13.7 Å². The molecule has 0 saturated heterocycles. The molecule has 3 heterocycles. The third-order valence-electron chi connectivity index (χ3n) is 14.1. The molecule has 0 amide bonds. The third kappa shape index (κ3) is 8.71. The van der Waals surface area contributed by atoms with Crippen molar-refractivity contribution in [1.82, 2.24) is 14.1 Å². The fourth-order valence-electron chi connectivity index (χ4n) is 10.2. The van der Waals surface area contributed by atoms with E-state index in [4.69, 9.17) is 9.72 Å². The van der Waals surface area contributed by atoms with E-state index in [0.29, 0.717) is 0 Å². The maximum Gasteiger partial charge on any atom is 0.269 e. The summed E-state index contributed by atoms with van der Waals surface area (Å²) in [7, 11) is 0. The largest absolute Gasteiger partial charge is 0.458 e. The van der Waals surface area contributed by atoms with E-state index in [2.05, 4.69) is 270 Å². The molecule has 0 aliphatic carbocycles. The van der Waals surface area contributed by atoms with E-state index in [1.807, 2.05) is 12.3 Å². The monoisotopic (exact) mass is 924 g/mol. The molecule has 350 valence electrons. The Balaban J connectivity index is 1.00. The highest BCUT2D eigenvalue weighted by Gasteiger charge is 2.26. The van der Waals surface area contributed by atoms with Gasteiger partial charge < -0.3 is 4.74 Å². The molecule has 5 heteroatoms. The lowest BCUT2D eigenvalue weighted by Crippen LogP contribution is -2.31. The summed E-state index contributed by atoms with van der Waals surface area (Å²) in [6.45, 7) is 18.4. The molecule has 8 aromatic carbocycles. The molecule has 71 heavy (non-hydrogen) atoms. The zero-order valence-corrected chi connectivity index (χ0v) is 42.0. The summed E-state index contributed by atoms with van der Waals surface area (Å²) in [6, 6.07) is 71.7. The van der Waals surface area contributed by atoms with E-state index in [9.17, 15) is 0 Å². The first-order chi connectivity index (χ1) is 34.2. The van der Waals surface area contributed by atoms with Crippen LogP contribution in [0.5, 0.6) is 11.5 Å². The smallest absolute Gasteiger partial charge is 0.269 e. The van der Waals surface area contributed by atoms with Crippen LogP contribution in [0.15, 0.2) is 206 Å². The van der Waals surface area contributed by atoms with Gasteiger partial charge in [0.15, 0.2) is 0 Å². The maximum absolute atomic E-state index is 6.84. The number of hydrogen-bond acceptors (Lipinski definition) is 2. The minimum absolute atomic E-state index is 0.0384. The summed E-state index contributed by atoms with van der Waals surface area (Å²) < 4.78 is 13.5. The molecule has 5 nitrogen and oxygen atoms in total. The molecule has 11 rings (SSSR count). The molecule has 0 aliphatic heterocycles. The van der Waals surface area contributed by atoms with Crippen LogP contribution in [-0.2, 0) is 22.7 Å². The Morgan fingerprint density at radius 2 is 1.11 bits per heavy atom. The average Bonchev–Trinajstić information content (AvgIpc) is 3.92. The van der Waals surface area contributed by atoms with Crippen molar-refractivity contribution >= 4 is 32.8 Å². The van der Waals surface area contributed by atoms with Gasteiger partial charge in [0.2, 0.25) is 0 Å². The standard InChI is InChI=1S/C66H60N4O/c1-64(2,3)49-38-47(39-50(40-49)65(4,5)6)55-29-20-28-54(46-21-11-9-12-22-46)63(55)69-44-68(59-31-17-18-32-60(59)69)51-25-19-26-52(41-51)71-53-33-34-57-56-27-15-16-30-58(56)70(61(57)42-53)62-37-45(35-36-67-62)43-66(7,8)48-23-13-10-14-24-48/h9-42H,43H2,1-8H3. The van der Waals surface area contributed by atoms with Crippen molar-refractivity contribution in [3.8, 4) is 50.9 Å². The van der Waals surface area contributed by atoms with Gasteiger partial charge in [0.05, 0.1) is 33.4 Å². The van der Waals surface area contributed by atoms with E-state index >= 15 is 0 Å². The van der Waals surface area contributed by atoms with E-state index in [-0.39, 0.29) is 16.2 Å². The van der Waals surface area contributed by atoms with Gasteiger partial charge in [-0.1, -0.05) is 201 Å². The number of rotatable bonds is 10. The Bertz CT molecular complexity index is 3720. The number of aromatic nitrogens is 4. The van der Waals surface area contributed by atoms with Crippen LogP contribution in [0.1, 0.15) is 77.6 Å². The fraction of sp³-hybridized carbons (Fsp3) is 0.182. The molecule has 0 fully saturated rings. The Hall–Kier alpha value is -8.02. The SMILES string of the molecule is CC(C)(C)c1cc(-c2cccc(-c3ccccc3)c2-[n+]2[c-]n(-c3cccc(Oc4ccc5c6ccccc6n(-c6cc(CC(C)(C)c7ccccc7)ccn6)c5c4)c3)c3ccccc32)cc(C(C)(C)C)c1. The highest BCUT2D eigenvalue weighted by atomic mass is 16.5. The minimum Gasteiger partial charge on any atom is -0.458 e. The highest BCUT2D eigenvalue weighted by Crippen LogP contribution is 2.40. The van der Waals surface area contributed by atoms with Crippen LogP contribution >= 0.6 is 0 Å². The van der Waals surface area contributed by atoms with Gasteiger partial charge in [-0.05, 0) is 116 Å². The van der Waals surface area contributed by atoms with Gasteiger partial charge in [0.1, 0.15) is 17.3 Å². The van der Waals surface area contributed by atoms with Crippen molar-refractivity contribution in [1.29, 1.82) is 0 Å². The molecule has 11 aromatic rings. The lowest BCUT2D eigenvalue weighted by atomic mass is 9.78. The Labute approximate surface area is 418 Å². The Morgan fingerprint density at radius 3 is 1.85 bits per heavy atom. The van der Waals surface area contributed by atoms with Crippen molar-refractivity contribution in [3.05, 3.63) is 235 Å². The van der Waals surface area contributed by atoms with Gasteiger partial charge in [-0.2, -0.15) is 0 Å². The second kappa shape index (κ2) is 17.7. The molecular weight excluding hydrogens is 865 g/mol. The van der Waals surface area contributed by atoms with Crippen LogP contribution in [0.25, 0.3) is 72.3 Å². The number of pyridine rings is 1. The van der Waals surface area contributed by atoms with E-state index in [1.165, 1.54) is 33.2 Å². The zero-order chi connectivity index (χ0) is 49.1. The lowest BCUT2D eigenvalue weighted by molar-refractivity contribution is -0.571. The first-order valence-electron chi connectivity index (χ1n) is 24.8. The van der Waals surface area contributed by atoms with Crippen LogP contribution in [0.2, 0.25) is 0 Å². The van der Waals surface area contributed by atoms with E-state index < -0.39 is 0 Å². The summed E-state index contributed by atoms with van der Waals surface area (Å²) in [5.74, 6) is 2.35. The van der Waals surface area contributed by atoms with Crippen LogP contribution in [-0.4, -0.2) is 14.1 Å². The molecule has 3 aromatic heterocycles. The number of nitrogens with zero attached hydrogens (tertiary/aromatic N) is 4. The van der Waals surface area contributed by atoms with Gasteiger partial charge in [0, 0.05) is 23.0 Å². The lowest BCUT2D eigenvalue weighted by Gasteiger charge is -2.27. The number of para-hydroxylation sites is 4. The molecule has 0 bridgehead atoms. The summed E-state index contributed by atoms with van der Waals surface area (Å²) in [4.78, 5) is 4.98. The predicted molar refractivity (Wildman–Crippen MR) is 294 cm³/mol. The van der Waals surface area contributed by atoms with Crippen molar-refractivity contribution in [2.45, 2.75) is 78.1 Å². The zero-order valence-electron chi connectivity index (χ0n) is 42.0. The molecule has 0 unspecified atom stereocenters.